The van der Waals surface area contributed by atoms with E-state index >= 15 is 0 Å². The molecule has 2 aromatic rings. The Bertz CT molecular complexity index is 709. The first-order valence-corrected chi connectivity index (χ1v) is 5.58. The zero-order valence-corrected chi connectivity index (χ0v) is 10.6. The molecular weight excluding hydrogens is 234 g/mol. The summed E-state index contributed by atoms with van der Waals surface area (Å²) >= 11 is 4.62. The van der Waals surface area contributed by atoms with E-state index in [4.69, 9.17) is 4.42 Å². The molecule has 0 amide bonds. The largest absolute Gasteiger partial charge is 0.422 e. The van der Waals surface area contributed by atoms with Crippen molar-refractivity contribution in [3.63, 3.8) is 0 Å². The Hall–Kier alpha value is -1.77. The van der Waals surface area contributed by atoms with Gasteiger partial charge in [0.1, 0.15) is 5.58 Å². The minimum absolute atomic E-state index is 0.330. The van der Waals surface area contributed by atoms with Crippen LogP contribution >= 0.6 is 12.2 Å². The number of hydrogen-bond acceptors (Lipinski definition) is 4. The summed E-state index contributed by atoms with van der Waals surface area (Å²) in [4.78, 5) is 15.4. The lowest BCUT2D eigenvalue weighted by Crippen LogP contribution is -1.99. The highest BCUT2D eigenvalue weighted by atomic mass is 32.1. The summed E-state index contributed by atoms with van der Waals surface area (Å²) in [5, 5.41) is 3.25. The standard InChI is InChI=1S/C13H11NO2S/c1-7-4-12(15)16-13-9(3)8(2)11(14-6-17)5-10(7)13/h4-5H,1-3H3. The molecule has 0 atom stereocenters. The molecule has 1 aromatic carbocycles. The Morgan fingerprint density at radius 1 is 1.24 bits per heavy atom. The molecule has 0 radical (unpaired) electrons. The van der Waals surface area contributed by atoms with Crippen molar-refractivity contribution in [1.29, 1.82) is 0 Å². The first-order valence-electron chi connectivity index (χ1n) is 5.17. The van der Waals surface area contributed by atoms with Crippen LogP contribution in [0.4, 0.5) is 5.69 Å². The van der Waals surface area contributed by atoms with Gasteiger partial charge < -0.3 is 4.42 Å². The second-order valence-corrected chi connectivity index (χ2v) is 4.16. The quantitative estimate of drug-likeness (QED) is 0.439. The number of nitrogens with zero attached hydrogens (tertiary/aromatic N) is 1. The van der Waals surface area contributed by atoms with Crippen LogP contribution in [0.25, 0.3) is 11.0 Å². The number of aryl methyl sites for hydroxylation is 2. The summed E-state index contributed by atoms with van der Waals surface area (Å²) in [5.74, 6) is 0. The summed E-state index contributed by atoms with van der Waals surface area (Å²) in [6.07, 6.45) is 0. The smallest absolute Gasteiger partial charge is 0.336 e. The van der Waals surface area contributed by atoms with Gasteiger partial charge in [-0.05, 0) is 55.7 Å². The normalized spacial score (nSPS) is 10.3. The molecule has 0 saturated heterocycles. The fourth-order valence-corrected chi connectivity index (χ4v) is 1.95. The van der Waals surface area contributed by atoms with Crippen LogP contribution in [0.5, 0.6) is 0 Å². The summed E-state index contributed by atoms with van der Waals surface area (Å²) in [6.45, 7) is 5.70. The SMILES string of the molecule is Cc1c(N=C=S)cc2c(C)cc(=O)oc2c1C. The fraction of sp³-hybridized carbons (Fsp3) is 0.231. The van der Waals surface area contributed by atoms with Crippen molar-refractivity contribution in [2.24, 2.45) is 4.99 Å². The van der Waals surface area contributed by atoms with Crippen molar-refractivity contribution in [2.75, 3.05) is 0 Å². The third-order valence-corrected chi connectivity index (χ3v) is 3.03. The van der Waals surface area contributed by atoms with Crippen LogP contribution in [0, 0.1) is 20.8 Å². The molecule has 0 fully saturated rings. The zero-order valence-electron chi connectivity index (χ0n) is 9.83. The first kappa shape index (κ1) is 11.7. The van der Waals surface area contributed by atoms with E-state index in [9.17, 15) is 4.79 Å². The number of hydrogen-bond donors (Lipinski definition) is 0. The van der Waals surface area contributed by atoms with E-state index in [0.29, 0.717) is 5.58 Å². The van der Waals surface area contributed by atoms with Crippen molar-refractivity contribution in [1.82, 2.24) is 0 Å². The predicted molar refractivity (Wildman–Crippen MR) is 71.4 cm³/mol. The van der Waals surface area contributed by atoms with Gasteiger partial charge in [-0.15, -0.1) is 0 Å². The van der Waals surface area contributed by atoms with Gasteiger partial charge in [-0.3, -0.25) is 0 Å². The average Bonchev–Trinajstić information content (AvgIpc) is 2.27. The predicted octanol–water partition coefficient (Wildman–Crippen LogP) is 3.45. The van der Waals surface area contributed by atoms with Gasteiger partial charge in [0.05, 0.1) is 10.8 Å². The molecule has 0 N–H and O–H groups in total. The van der Waals surface area contributed by atoms with E-state index in [1.807, 2.05) is 26.8 Å². The maximum Gasteiger partial charge on any atom is 0.336 e. The third-order valence-electron chi connectivity index (χ3n) is 2.94. The monoisotopic (exact) mass is 245 g/mol. The van der Waals surface area contributed by atoms with Crippen molar-refractivity contribution < 1.29 is 4.42 Å². The number of isothiocyanates is 1. The molecular formula is C13H11NO2S. The maximum atomic E-state index is 11.4. The van der Waals surface area contributed by atoms with Gasteiger partial charge in [0, 0.05) is 11.5 Å². The molecule has 0 unspecified atom stereocenters. The Balaban J connectivity index is 3.00. The van der Waals surface area contributed by atoms with E-state index in [-0.39, 0.29) is 5.63 Å². The van der Waals surface area contributed by atoms with Crippen LogP contribution in [-0.4, -0.2) is 5.16 Å². The average molecular weight is 245 g/mol. The minimum Gasteiger partial charge on any atom is -0.422 e. The van der Waals surface area contributed by atoms with Gasteiger partial charge >= 0.3 is 5.63 Å². The second kappa shape index (κ2) is 4.24. The lowest BCUT2D eigenvalue weighted by Gasteiger charge is -2.08. The first-order chi connectivity index (χ1) is 8.04. The summed E-state index contributed by atoms with van der Waals surface area (Å²) in [7, 11) is 0. The highest BCUT2D eigenvalue weighted by Gasteiger charge is 2.10. The number of fused-ring (bicyclic) bond motifs is 1. The van der Waals surface area contributed by atoms with Gasteiger partial charge in [0.25, 0.3) is 0 Å². The van der Waals surface area contributed by atoms with Gasteiger partial charge in [0.15, 0.2) is 0 Å². The maximum absolute atomic E-state index is 11.4. The molecule has 4 heteroatoms. The molecule has 0 saturated carbocycles. The van der Waals surface area contributed by atoms with E-state index < -0.39 is 0 Å². The van der Waals surface area contributed by atoms with Crippen LogP contribution < -0.4 is 5.63 Å². The summed E-state index contributed by atoms with van der Waals surface area (Å²) < 4.78 is 5.24. The van der Waals surface area contributed by atoms with E-state index in [0.717, 1.165) is 27.8 Å². The minimum atomic E-state index is -0.330. The molecule has 2 rings (SSSR count). The Morgan fingerprint density at radius 3 is 2.59 bits per heavy atom. The second-order valence-electron chi connectivity index (χ2n) is 3.97. The molecule has 0 spiro atoms. The summed E-state index contributed by atoms with van der Waals surface area (Å²) in [6, 6.07) is 3.34. The van der Waals surface area contributed by atoms with Crippen molar-refractivity contribution in [3.05, 3.63) is 39.2 Å². The Labute approximate surface area is 104 Å². The van der Waals surface area contributed by atoms with Gasteiger partial charge in [0.2, 0.25) is 0 Å². The highest BCUT2D eigenvalue weighted by molar-refractivity contribution is 7.78. The zero-order chi connectivity index (χ0) is 12.6. The highest BCUT2D eigenvalue weighted by Crippen LogP contribution is 2.30. The molecule has 3 nitrogen and oxygen atoms in total. The van der Waals surface area contributed by atoms with E-state index in [2.05, 4.69) is 22.4 Å². The van der Waals surface area contributed by atoms with Gasteiger partial charge in [-0.2, -0.15) is 4.99 Å². The van der Waals surface area contributed by atoms with Crippen molar-refractivity contribution in [2.45, 2.75) is 20.8 Å². The van der Waals surface area contributed by atoms with Gasteiger partial charge in [-0.25, -0.2) is 4.79 Å². The molecule has 0 aliphatic rings. The molecule has 0 aliphatic heterocycles. The molecule has 17 heavy (non-hydrogen) atoms. The summed E-state index contributed by atoms with van der Waals surface area (Å²) in [5.41, 5.74) is 3.79. The molecule has 0 aliphatic carbocycles. The van der Waals surface area contributed by atoms with Crippen LogP contribution in [0.2, 0.25) is 0 Å². The molecule has 86 valence electrons. The molecule has 1 aromatic heterocycles. The topological polar surface area (TPSA) is 42.6 Å². The van der Waals surface area contributed by atoms with Gasteiger partial charge in [-0.1, -0.05) is 0 Å². The number of benzene rings is 1. The van der Waals surface area contributed by atoms with E-state index in [1.165, 1.54) is 6.07 Å². The molecule has 0 bridgehead atoms. The van der Waals surface area contributed by atoms with Crippen LogP contribution in [0.1, 0.15) is 16.7 Å². The Kier molecular flexibility index (Phi) is 2.92. The lowest BCUT2D eigenvalue weighted by molar-refractivity contribution is 0.557. The van der Waals surface area contributed by atoms with Crippen molar-refractivity contribution in [3.8, 4) is 0 Å². The number of thiocarbonyl (C=S) groups is 1. The third kappa shape index (κ3) is 1.93. The van der Waals surface area contributed by atoms with E-state index in [1.54, 1.807) is 0 Å². The number of aliphatic imine (C=N–C) groups is 1. The van der Waals surface area contributed by atoms with Crippen LogP contribution in [-0.2, 0) is 0 Å². The van der Waals surface area contributed by atoms with Crippen LogP contribution in [0.15, 0.2) is 26.3 Å². The Morgan fingerprint density at radius 2 is 1.94 bits per heavy atom. The van der Waals surface area contributed by atoms with Crippen LogP contribution in [0.3, 0.4) is 0 Å². The lowest BCUT2D eigenvalue weighted by atomic mass is 10.0. The molecule has 1 heterocycles. The fourth-order valence-electron chi connectivity index (χ4n) is 1.85. The van der Waals surface area contributed by atoms with Crippen molar-refractivity contribution >= 4 is 34.0 Å². The number of rotatable bonds is 1.